The van der Waals surface area contributed by atoms with E-state index >= 15 is 0 Å². The molecule has 0 spiro atoms. The van der Waals surface area contributed by atoms with Gasteiger partial charge in [-0.25, -0.2) is 4.98 Å². The minimum absolute atomic E-state index is 0.307. The molecule has 0 fully saturated rings. The number of nitrogens with one attached hydrogen (secondary N) is 1. The SMILES string of the molecule is Oc1cccc(CCc2nc3ccncc3[nH]2)c1. The number of aromatic nitrogens is 3. The van der Waals surface area contributed by atoms with Gasteiger partial charge in [-0.2, -0.15) is 0 Å². The zero-order valence-electron chi connectivity index (χ0n) is 9.80. The third-order valence-electron chi connectivity index (χ3n) is 2.89. The average Bonchev–Trinajstić information content (AvgIpc) is 2.79. The predicted octanol–water partition coefficient (Wildman–Crippen LogP) is 2.45. The van der Waals surface area contributed by atoms with Crippen LogP contribution < -0.4 is 0 Å². The summed E-state index contributed by atoms with van der Waals surface area (Å²) >= 11 is 0. The molecule has 0 atom stereocenters. The van der Waals surface area contributed by atoms with Crippen LogP contribution in [-0.4, -0.2) is 20.1 Å². The highest BCUT2D eigenvalue weighted by molar-refractivity contribution is 5.73. The van der Waals surface area contributed by atoms with E-state index in [0.29, 0.717) is 5.75 Å². The Hall–Kier alpha value is -2.36. The Balaban J connectivity index is 1.76. The molecule has 4 nitrogen and oxygen atoms in total. The standard InChI is InChI=1S/C14H13N3O/c18-11-3-1-2-10(8-11)4-5-14-16-12-6-7-15-9-13(12)17-14/h1-3,6-9,18H,4-5H2,(H,16,17). The van der Waals surface area contributed by atoms with Crippen molar-refractivity contribution in [2.45, 2.75) is 12.8 Å². The van der Waals surface area contributed by atoms with Crippen LogP contribution in [0.2, 0.25) is 0 Å². The lowest BCUT2D eigenvalue weighted by atomic mass is 10.1. The molecule has 0 bridgehead atoms. The molecule has 3 rings (SSSR count). The van der Waals surface area contributed by atoms with Gasteiger partial charge in [0, 0.05) is 12.6 Å². The molecule has 0 radical (unpaired) electrons. The molecule has 4 heteroatoms. The van der Waals surface area contributed by atoms with Crippen LogP contribution in [0.5, 0.6) is 5.75 Å². The highest BCUT2D eigenvalue weighted by atomic mass is 16.3. The quantitative estimate of drug-likeness (QED) is 0.738. The Kier molecular flexibility index (Phi) is 2.68. The number of phenolic OH excluding ortho intramolecular Hbond substituents is 1. The van der Waals surface area contributed by atoms with Gasteiger partial charge in [-0.1, -0.05) is 12.1 Å². The Morgan fingerprint density at radius 2 is 2.11 bits per heavy atom. The third kappa shape index (κ3) is 2.18. The summed E-state index contributed by atoms with van der Waals surface area (Å²) in [6.45, 7) is 0. The molecule has 18 heavy (non-hydrogen) atoms. The molecular formula is C14H13N3O. The van der Waals surface area contributed by atoms with E-state index in [1.807, 2.05) is 18.2 Å². The number of nitrogens with zero attached hydrogens (tertiary/aromatic N) is 2. The topological polar surface area (TPSA) is 61.8 Å². The molecule has 2 aromatic heterocycles. The number of benzene rings is 1. The number of phenols is 1. The molecule has 2 N–H and O–H groups in total. The lowest BCUT2D eigenvalue weighted by Crippen LogP contribution is -1.93. The molecule has 0 aliphatic rings. The van der Waals surface area contributed by atoms with Crippen molar-refractivity contribution in [2.24, 2.45) is 0 Å². The van der Waals surface area contributed by atoms with Gasteiger partial charge in [0.25, 0.3) is 0 Å². The minimum Gasteiger partial charge on any atom is -0.508 e. The molecule has 0 amide bonds. The molecular weight excluding hydrogens is 226 g/mol. The first-order valence-corrected chi connectivity index (χ1v) is 5.88. The van der Waals surface area contributed by atoms with Gasteiger partial charge in [0.2, 0.25) is 0 Å². The van der Waals surface area contributed by atoms with Gasteiger partial charge in [-0.15, -0.1) is 0 Å². The zero-order chi connectivity index (χ0) is 12.4. The third-order valence-corrected chi connectivity index (χ3v) is 2.89. The first kappa shape index (κ1) is 10.8. The molecule has 1 aromatic carbocycles. The fourth-order valence-electron chi connectivity index (χ4n) is 2.00. The highest BCUT2D eigenvalue weighted by Crippen LogP contribution is 2.14. The van der Waals surface area contributed by atoms with Crippen LogP contribution >= 0.6 is 0 Å². The van der Waals surface area contributed by atoms with E-state index in [4.69, 9.17) is 0 Å². The maximum absolute atomic E-state index is 9.39. The van der Waals surface area contributed by atoms with Crippen molar-refractivity contribution in [3.05, 3.63) is 54.1 Å². The number of hydrogen-bond donors (Lipinski definition) is 2. The lowest BCUT2D eigenvalue weighted by Gasteiger charge is -1.99. The Morgan fingerprint density at radius 3 is 2.94 bits per heavy atom. The zero-order valence-corrected chi connectivity index (χ0v) is 9.80. The Bertz CT molecular complexity index is 642. The summed E-state index contributed by atoms with van der Waals surface area (Å²) in [4.78, 5) is 11.8. The predicted molar refractivity (Wildman–Crippen MR) is 69.4 cm³/mol. The van der Waals surface area contributed by atoms with Crippen LogP contribution in [-0.2, 0) is 12.8 Å². The number of imidazole rings is 1. The molecule has 0 aliphatic carbocycles. The van der Waals surface area contributed by atoms with Gasteiger partial charge in [0.1, 0.15) is 11.6 Å². The van der Waals surface area contributed by atoms with E-state index in [2.05, 4.69) is 15.0 Å². The van der Waals surface area contributed by atoms with Gasteiger partial charge in [-0.05, 0) is 30.2 Å². The van der Waals surface area contributed by atoms with E-state index in [0.717, 1.165) is 35.3 Å². The second-order valence-corrected chi connectivity index (χ2v) is 4.25. The van der Waals surface area contributed by atoms with Crippen molar-refractivity contribution >= 4 is 11.0 Å². The van der Waals surface area contributed by atoms with E-state index in [9.17, 15) is 5.11 Å². The first-order valence-electron chi connectivity index (χ1n) is 5.88. The van der Waals surface area contributed by atoms with Crippen LogP contribution in [0.15, 0.2) is 42.7 Å². The summed E-state index contributed by atoms with van der Waals surface area (Å²) in [6, 6.07) is 9.21. The number of fused-ring (bicyclic) bond motifs is 1. The number of rotatable bonds is 3. The molecule has 0 saturated carbocycles. The van der Waals surface area contributed by atoms with Crippen molar-refractivity contribution in [1.82, 2.24) is 15.0 Å². The molecule has 0 saturated heterocycles. The second-order valence-electron chi connectivity index (χ2n) is 4.25. The molecule has 90 valence electrons. The number of hydrogen-bond acceptors (Lipinski definition) is 3. The van der Waals surface area contributed by atoms with Crippen LogP contribution in [0.25, 0.3) is 11.0 Å². The van der Waals surface area contributed by atoms with E-state index in [1.54, 1.807) is 24.5 Å². The summed E-state index contributed by atoms with van der Waals surface area (Å²) in [7, 11) is 0. The molecule has 0 aliphatic heterocycles. The Morgan fingerprint density at radius 1 is 1.17 bits per heavy atom. The van der Waals surface area contributed by atoms with Crippen LogP contribution in [0.4, 0.5) is 0 Å². The molecule has 2 heterocycles. The van der Waals surface area contributed by atoms with Gasteiger partial charge < -0.3 is 10.1 Å². The van der Waals surface area contributed by atoms with E-state index in [-0.39, 0.29) is 0 Å². The second kappa shape index (κ2) is 4.49. The van der Waals surface area contributed by atoms with Crippen LogP contribution in [0.3, 0.4) is 0 Å². The number of aromatic hydroxyl groups is 1. The van der Waals surface area contributed by atoms with Crippen molar-refractivity contribution in [1.29, 1.82) is 0 Å². The highest BCUT2D eigenvalue weighted by Gasteiger charge is 2.03. The van der Waals surface area contributed by atoms with E-state index in [1.165, 1.54) is 0 Å². The maximum Gasteiger partial charge on any atom is 0.115 e. The van der Waals surface area contributed by atoms with Crippen LogP contribution in [0.1, 0.15) is 11.4 Å². The maximum atomic E-state index is 9.39. The van der Waals surface area contributed by atoms with Gasteiger partial charge in [-0.3, -0.25) is 4.98 Å². The number of aryl methyl sites for hydroxylation is 2. The fraction of sp³-hybridized carbons (Fsp3) is 0.143. The van der Waals surface area contributed by atoms with E-state index < -0.39 is 0 Å². The average molecular weight is 239 g/mol. The summed E-state index contributed by atoms with van der Waals surface area (Å²) in [5, 5.41) is 9.39. The summed E-state index contributed by atoms with van der Waals surface area (Å²) in [5.74, 6) is 1.25. The lowest BCUT2D eigenvalue weighted by molar-refractivity contribution is 0.474. The minimum atomic E-state index is 0.307. The van der Waals surface area contributed by atoms with Gasteiger partial charge in [0.05, 0.1) is 17.2 Å². The fourth-order valence-corrected chi connectivity index (χ4v) is 2.00. The number of aromatic amines is 1. The van der Waals surface area contributed by atoms with Crippen molar-refractivity contribution in [3.63, 3.8) is 0 Å². The first-order chi connectivity index (χ1) is 8.81. The summed E-state index contributed by atoms with van der Waals surface area (Å²) in [5.41, 5.74) is 3.01. The summed E-state index contributed by atoms with van der Waals surface area (Å²) < 4.78 is 0. The number of pyridine rings is 1. The number of H-pyrrole nitrogens is 1. The van der Waals surface area contributed by atoms with Crippen LogP contribution in [0, 0.1) is 0 Å². The summed E-state index contributed by atoms with van der Waals surface area (Å²) in [6.07, 6.45) is 5.18. The van der Waals surface area contributed by atoms with Gasteiger partial charge >= 0.3 is 0 Å². The monoisotopic (exact) mass is 239 g/mol. The molecule has 0 unspecified atom stereocenters. The smallest absolute Gasteiger partial charge is 0.115 e. The normalized spacial score (nSPS) is 10.9. The van der Waals surface area contributed by atoms with Crippen molar-refractivity contribution in [2.75, 3.05) is 0 Å². The molecule has 3 aromatic rings. The van der Waals surface area contributed by atoms with Crippen molar-refractivity contribution < 1.29 is 5.11 Å². The Labute approximate surface area is 104 Å². The largest absolute Gasteiger partial charge is 0.508 e. The van der Waals surface area contributed by atoms with Gasteiger partial charge in [0.15, 0.2) is 0 Å². The van der Waals surface area contributed by atoms with Crippen molar-refractivity contribution in [3.8, 4) is 5.75 Å².